The number of carboxylic acid groups (broad SMARTS) is 1. The van der Waals surface area contributed by atoms with E-state index < -0.39 is 11.9 Å². The first kappa shape index (κ1) is 12.6. The molecule has 0 atom stereocenters. The molecule has 0 radical (unpaired) electrons. The van der Waals surface area contributed by atoms with Crippen molar-refractivity contribution >= 4 is 30.2 Å². The molecule has 0 aliphatic carbocycles. The summed E-state index contributed by atoms with van der Waals surface area (Å²) in [6.07, 6.45) is 0. The van der Waals surface area contributed by atoms with Crippen molar-refractivity contribution in [1.82, 2.24) is 0 Å². The number of anilines is 1. The summed E-state index contributed by atoms with van der Waals surface area (Å²) >= 11 is 4.30. The fraction of sp³-hybridized carbons (Fsp3) is 0.273. The van der Waals surface area contributed by atoms with Gasteiger partial charge in [0, 0.05) is 17.6 Å². The number of likely N-dealkylation sites (N-methyl/N-ethyl adjacent to an activating group) is 1. The smallest absolute Gasteiger partial charge is 0.394 e. The zero-order valence-electron chi connectivity index (χ0n) is 9.31. The highest BCUT2D eigenvalue weighted by atomic mass is 32.1. The first-order valence-electron chi connectivity index (χ1n) is 4.65. The van der Waals surface area contributed by atoms with E-state index >= 15 is 0 Å². The van der Waals surface area contributed by atoms with Crippen molar-refractivity contribution in [2.75, 3.05) is 11.9 Å². The lowest BCUT2D eigenvalue weighted by Gasteiger charge is -2.17. The Hall–Kier alpha value is -1.49. The number of thiol groups is 1. The number of nitrogens with zero attached hydrogens (tertiary/aromatic N) is 1. The average molecular weight is 239 g/mol. The average Bonchev–Trinajstić information content (AvgIpc) is 2.22. The van der Waals surface area contributed by atoms with Crippen LogP contribution >= 0.6 is 12.6 Å². The van der Waals surface area contributed by atoms with Crippen molar-refractivity contribution in [2.24, 2.45) is 0 Å². The maximum absolute atomic E-state index is 11.3. The van der Waals surface area contributed by atoms with Gasteiger partial charge in [0.15, 0.2) is 0 Å². The van der Waals surface area contributed by atoms with Crippen LogP contribution in [0.4, 0.5) is 5.69 Å². The zero-order chi connectivity index (χ0) is 12.5. The molecule has 1 amide bonds. The van der Waals surface area contributed by atoms with Gasteiger partial charge in [-0.3, -0.25) is 4.79 Å². The third-order valence-corrected chi connectivity index (χ3v) is 3.06. The van der Waals surface area contributed by atoms with Crippen LogP contribution in [0.2, 0.25) is 0 Å². The molecule has 1 aromatic carbocycles. The predicted octanol–water partition coefficient (Wildman–Crippen LogP) is 1.64. The Bertz CT molecular complexity index is 434. The van der Waals surface area contributed by atoms with Gasteiger partial charge < -0.3 is 10.0 Å². The van der Waals surface area contributed by atoms with Crippen molar-refractivity contribution in [3.05, 3.63) is 23.3 Å². The first-order chi connectivity index (χ1) is 7.34. The largest absolute Gasteiger partial charge is 0.474 e. The normalized spacial score (nSPS) is 10.0. The summed E-state index contributed by atoms with van der Waals surface area (Å²) in [7, 11) is 1.43. The fourth-order valence-electron chi connectivity index (χ4n) is 1.39. The molecule has 1 rings (SSSR count). The summed E-state index contributed by atoms with van der Waals surface area (Å²) < 4.78 is 0. The van der Waals surface area contributed by atoms with E-state index in [2.05, 4.69) is 12.6 Å². The highest BCUT2D eigenvalue weighted by Crippen LogP contribution is 2.24. The van der Waals surface area contributed by atoms with Crippen LogP contribution in [-0.2, 0) is 9.59 Å². The molecule has 0 aromatic heterocycles. The number of aryl methyl sites for hydroxylation is 2. The molecule has 1 aromatic rings. The minimum atomic E-state index is -1.47. The number of rotatable bonds is 1. The van der Waals surface area contributed by atoms with Gasteiger partial charge in [-0.1, -0.05) is 0 Å². The van der Waals surface area contributed by atoms with E-state index in [-0.39, 0.29) is 0 Å². The summed E-state index contributed by atoms with van der Waals surface area (Å²) in [6.45, 7) is 3.72. The molecule has 0 aliphatic rings. The molecule has 0 saturated heterocycles. The van der Waals surface area contributed by atoms with Crippen LogP contribution in [0.3, 0.4) is 0 Å². The molecule has 4 nitrogen and oxygen atoms in total. The minimum Gasteiger partial charge on any atom is -0.474 e. The Kier molecular flexibility index (Phi) is 3.59. The van der Waals surface area contributed by atoms with Crippen molar-refractivity contribution in [3.8, 4) is 0 Å². The van der Waals surface area contributed by atoms with Crippen LogP contribution in [0, 0.1) is 13.8 Å². The Balaban J connectivity index is 3.15. The van der Waals surface area contributed by atoms with Gasteiger partial charge in [0.1, 0.15) is 0 Å². The lowest BCUT2D eigenvalue weighted by atomic mass is 10.1. The molecule has 0 unspecified atom stereocenters. The van der Waals surface area contributed by atoms with Crippen LogP contribution in [0.5, 0.6) is 0 Å². The summed E-state index contributed by atoms with van der Waals surface area (Å²) in [5, 5.41) is 8.60. The molecule has 0 aliphatic heterocycles. The number of hydrogen-bond donors (Lipinski definition) is 2. The van der Waals surface area contributed by atoms with Crippen molar-refractivity contribution in [1.29, 1.82) is 0 Å². The van der Waals surface area contributed by atoms with E-state index in [1.165, 1.54) is 7.05 Å². The van der Waals surface area contributed by atoms with Gasteiger partial charge in [-0.25, -0.2) is 4.79 Å². The van der Waals surface area contributed by atoms with Gasteiger partial charge >= 0.3 is 11.9 Å². The molecular weight excluding hydrogens is 226 g/mol. The van der Waals surface area contributed by atoms with Gasteiger partial charge in [0.25, 0.3) is 0 Å². The standard InChI is InChI=1S/C11H13NO3S/c1-6-4-8(5-7(2)9(6)16)12(3)10(13)11(14)15/h4-5,16H,1-3H3,(H,14,15). The second-order valence-electron chi connectivity index (χ2n) is 3.60. The molecule has 86 valence electrons. The summed E-state index contributed by atoms with van der Waals surface area (Å²) in [4.78, 5) is 23.8. The van der Waals surface area contributed by atoms with Gasteiger partial charge in [-0.05, 0) is 37.1 Å². The second kappa shape index (κ2) is 4.57. The second-order valence-corrected chi connectivity index (χ2v) is 4.04. The minimum absolute atomic E-state index is 0.556. The zero-order valence-corrected chi connectivity index (χ0v) is 10.2. The van der Waals surface area contributed by atoms with Gasteiger partial charge in [-0.15, -0.1) is 12.6 Å². The van der Waals surface area contributed by atoms with E-state index in [4.69, 9.17) is 5.11 Å². The topological polar surface area (TPSA) is 57.6 Å². The highest BCUT2D eigenvalue weighted by Gasteiger charge is 2.19. The lowest BCUT2D eigenvalue weighted by molar-refractivity contribution is -0.148. The van der Waals surface area contributed by atoms with Crippen molar-refractivity contribution < 1.29 is 14.7 Å². The van der Waals surface area contributed by atoms with Crippen LogP contribution in [0.25, 0.3) is 0 Å². The monoisotopic (exact) mass is 239 g/mol. The quantitative estimate of drug-likeness (QED) is 0.578. The SMILES string of the molecule is Cc1cc(N(C)C(=O)C(=O)O)cc(C)c1S. The predicted molar refractivity (Wildman–Crippen MR) is 64.2 cm³/mol. The van der Waals surface area contributed by atoms with Gasteiger partial charge in [-0.2, -0.15) is 0 Å². The molecule has 16 heavy (non-hydrogen) atoms. The Morgan fingerprint density at radius 3 is 2.06 bits per heavy atom. The Morgan fingerprint density at radius 1 is 1.25 bits per heavy atom. The van der Waals surface area contributed by atoms with E-state index in [1.54, 1.807) is 12.1 Å². The number of aliphatic carboxylic acids is 1. The number of carboxylic acids is 1. The highest BCUT2D eigenvalue weighted by molar-refractivity contribution is 7.80. The van der Waals surface area contributed by atoms with Crippen LogP contribution in [-0.4, -0.2) is 24.0 Å². The first-order valence-corrected chi connectivity index (χ1v) is 5.10. The molecule has 0 fully saturated rings. The van der Waals surface area contributed by atoms with E-state index in [9.17, 15) is 9.59 Å². The Morgan fingerprint density at radius 2 is 1.69 bits per heavy atom. The fourth-order valence-corrected chi connectivity index (χ4v) is 1.52. The summed E-state index contributed by atoms with van der Waals surface area (Å²) in [5.41, 5.74) is 2.37. The molecule has 0 bridgehead atoms. The molecule has 0 saturated carbocycles. The third-order valence-electron chi connectivity index (χ3n) is 2.35. The molecule has 5 heteroatoms. The van der Waals surface area contributed by atoms with Gasteiger partial charge in [0.2, 0.25) is 0 Å². The molecular formula is C11H13NO3S. The summed E-state index contributed by atoms with van der Waals surface area (Å²) in [5.74, 6) is -2.42. The van der Waals surface area contributed by atoms with E-state index in [0.29, 0.717) is 5.69 Å². The number of carbonyl (C=O) groups excluding carboxylic acids is 1. The van der Waals surface area contributed by atoms with Gasteiger partial charge in [0.05, 0.1) is 0 Å². The number of amides is 1. The Labute approximate surface area is 99.3 Å². The molecule has 0 spiro atoms. The van der Waals surface area contributed by atoms with Crippen molar-refractivity contribution in [3.63, 3.8) is 0 Å². The third kappa shape index (κ3) is 2.36. The van der Waals surface area contributed by atoms with Crippen LogP contribution in [0.1, 0.15) is 11.1 Å². The van der Waals surface area contributed by atoms with E-state index in [0.717, 1.165) is 20.9 Å². The maximum Gasteiger partial charge on any atom is 0.394 e. The molecule has 0 heterocycles. The summed E-state index contributed by atoms with van der Waals surface area (Å²) in [6, 6.07) is 3.46. The number of hydrogen-bond acceptors (Lipinski definition) is 3. The number of carbonyl (C=O) groups is 2. The van der Waals surface area contributed by atoms with E-state index in [1.807, 2.05) is 13.8 Å². The molecule has 1 N–H and O–H groups in total. The lowest BCUT2D eigenvalue weighted by Crippen LogP contribution is -2.33. The maximum atomic E-state index is 11.3. The van der Waals surface area contributed by atoms with Crippen LogP contribution in [0.15, 0.2) is 17.0 Å². The number of benzene rings is 1. The van der Waals surface area contributed by atoms with Crippen LogP contribution < -0.4 is 4.90 Å². The van der Waals surface area contributed by atoms with Crippen molar-refractivity contribution in [2.45, 2.75) is 18.7 Å².